The number of rotatable bonds is 15. The summed E-state index contributed by atoms with van der Waals surface area (Å²) in [5.74, 6) is 0.302. The van der Waals surface area contributed by atoms with Crippen molar-refractivity contribution < 1.29 is 35.9 Å². The Morgan fingerprint density at radius 1 is 0.791 bits per heavy atom. The molecule has 0 spiro atoms. The highest BCUT2D eigenvalue weighted by Crippen LogP contribution is 2.39. The monoisotopic (exact) mass is 628 g/mol. The number of nitrogens with one attached hydrogen (secondary N) is 1. The predicted molar refractivity (Wildman–Crippen MR) is 157 cm³/mol. The Kier molecular flexibility index (Phi) is 12.3. The summed E-state index contributed by atoms with van der Waals surface area (Å²) in [6.45, 7) is 0.899. The number of hydrogen-bond donors (Lipinski definition) is 4. The quantitative estimate of drug-likeness (QED) is 0.117. The van der Waals surface area contributed by atoms with E-state index in [0.717, 1.165) is 23.9 Å². The fourth-order valence-corrected chi connectivity index (χ4v) is 5.19. The maximum Gasteiger partial charge on any atom is 0.418 e. The third-order valence-electron chi connectivity index (χ3n) is 6.29. The maximum atomic E-state index is 13.7. The zero-order chi connectivity index (χ0) is 31.6. The zero-order valence-electron chi connectivity index (χ0n) is 23.3. The molecule has 0 heterocycles. The van der Waals surface area contributed by atoms with Gasteiger partial charge in [-0.25, -0.2) is 0 Å². The molecular formula is C30H34F6N4O2S. The smallest absolute Gasteiger partial charge is 0.418 e. The third kappa shape index (κ3) is 10.2. The van der Waals surface area contributed by atoms with Crippen LogP contribution in [0, 0.1) is 0 Å². The molecule has 0 aliphatic heterocycles. The van der Waals surface area contributed by atoms with E-state index in [1.165, 1.54) is 24.3 Å². The number of thioether (sulfide) groups is 1. The molecule has 0 atom stereocenters. The second-order valence-corrected chi connectivity index (χ2v) is 10.9. The number of hydrogen-bond acceptors (Lipinski definition) is 7. The number of aryl methyl sites for hydroxylation is 1. The molecule has 0 bridgehead atoms. The highest BCUT2D eigenvalue weighted by Gasteiger charge is 2.35. The van der Waals surface area contributed by atoms with E-state index in [2.05, 4.69) is 5.32 Å². The van der Waals surface area contributed by atoms with Crippen LogP contribution in [0.2, 0.25) is 0 Å². The Morgan fingerprint density at radius 3 is 2.09 bits per heavy atom. The molecule has 0 aliphatic carbocycles. The van der Waals surface area contributed by atoms with Crippen molar-refractivity contribution in [3.63, 3.8) is 0 Å². The SMILES string of the molecule is NCCCc1cc(CC(=O)Cc2ccc(SCCN)c(C(F)(F)F)c2)ccc1Oc1ccc(NCCN)c(C(F)(F)F)c1. The van der Waals surface area contributed by atoms with Crippen LogP contribution in [0.3, 0.4) is 0 Å². The molecule has 3 aromatic carbocycles. The van der Waals surface area contributed by atoms with Crippen molar-refractivity contribution in [1.82, 2.24) is 0 Å². The molecule has 0 aliphatic rings. The summed E-state index contributed by atoms with van der Waals surface area (Å²) < 4.78 is 87.8. The summed E-state index contributed by atoms with van der Waals surface area (Å²) >= 11 is 1.01. The van der Waals surface area contributed by atoms with E-state index in [1.54, 1.807) is 18.2 Å². The lowest BCUT2D eigenvalue weighted by molar-refractivity contribution is -0.140. The van der Waals surface area contributed by atoms with E-state index in [1.807, 2.05) is 0 Å². The fraction of sp³-hybridized carbons (Fsp3) is 0.367. The highest BCUT2D eigenvalue weighted by atomic mass is 32.2. The summed E-state index contributed by atoms with van der Waals surface area (Å²) in [6, 6.07) is 12.3. The molecular weight excluding hydrogens is 594 g/mol. The summed E-state index contributed by atoms with van der Waals surface area (Å²) in [7, 11) is 0. The Labute approximate surface area is 250 Å². The van der Waals surface area contributed by atoms with Crippen molar-refractivity contribution in [1.29, 1.82) is 0 Å². The van der Waals surface area contributed by atoms with Crippen LogP contribution in [0.1, 0.15) is 34.2 Å². The normalized spacial score (nSPS) is 11.9. The summed E-state index contributed by atoms with van der Waals surface area (Å²) in [6.07, 6.45) is -8.47. The third-order valence-corrected chi connectivity index (χ3v) is 7.39. The molecule has 3 aromatic rings. The van der Waals surface area contributed by atoms with Crippen LogP contribution in [-0.4, -0.2) is 37.7 Å². The molecule has 0 aromatic heterocycles. The average molecular weight is 629 g/mol. The van der Waals surface area contributed by atoms with Crippen molar-refractivity contribution in [2.75, 3.05) is 37.2 Å². The van der Waals surface area contributed by atoms with Gasteiger partial charge in [0.2, 0.25) is 0 Å². The molecule has 3 rings (SSSR count). The average Bonchev–Trinajstić information content (AvgIpc) is 2.94. The van der Waals surface area contributed by atoms with Crippen molar-refractivity contribution >= 4 is 23.2 Å². The van der Waals surface area contributed by atoms with Gasteiger partial charge in [0.25, 0.3) is 0 Å². The van der Waals surface area contributed by atoms with E-state index in [-0.39, 0.29) is 60.2 Å². The number of carbonyl (C=O) groups excluding carboxylic acids is 1. The molecule has 43 heavy (non-hydrogen) atoms. The maximum absolute atomic E-state index is 13.7. The molecule has 0 radical (unpaired) electrons. The standard InChI is InChI=1S/C30H34F6N4O2S/c31-29(32,33)24-18-23(5-6-26(24)40-12-10-38)42-27-7-3-19(14-21(27)2-1-9-37)15-22(41)16-20-4-8-28(43-13-11-39)25(17-20)30(34,35)36/h3-8,14,17-18,40H,1-2,9-13,15-16,37-39H2. The van der Waals surface area contributed by atoms with Gasteiger partial charge in [-0.3, -0.25) is 4.79 Å². The minimum atomic E-state index is -4.63. The van der Waals surface area contributed by atoms with Gasteiger partial charge in [-0.05, 0) is 72.5 Å². The Bertz CT molecular complexity index is 1380. The second kappa shape index (κ2) is 15.5. The first-order chi connectivity index (χ1) is 20.3. The number of ketones is 1. The van der Waals surface area contributed by atoms with Gasteiger partial charge in [-0.1, -0.05) is 18.2 Å². The van der Waals surface area contributed by atoms with E-state index in [9.17, 15) is 31.1 Å². The zero-order valence-corrected chi connectivity index (χ0v) is 24.1. The van der Waals surface area contributed by atoms with E-state index < -0.39 is 23.5 Å². The Hall–Kier alpha value is -3.26. The van der Waals surface area contributed by atoms with Gasteiger partial charge in [0.05, 0.1) is 11.1 Å². The van der Waals surface area contributed by atoms with Crippen LogP contribution < -0.4 is 27.3 Å². The lowest BCUT2D eigenvalue weighted by atomic mass is 9.98. The molecule has 234 valence electrons. The van der Waals surface area contributed by atoms with Crippen LogP contribution in [0.25, 0.3) is 0 Å². The summed E-state index contributed by atoms with van der Waals surface area (Å²) in [5.41, 5.74) is 16.1. The van der Waals surface area contributed by atoms with Gasteiger partial charge in [0.1, 0.15) is 17.3 Å². The minimum absolute atomic E-state index is 0.0306. The largest absolute Gasteiger partial charge is 0.457 e. The number of Topliss-reactive ketones (excluding diaryl/α,β-unsaturated/α-hetero) is 1. The van der Waals surface area contributed by atoms with Crippen LogP contribution in [-0.2, 0) is 36.4 Å². The number of benzene rings is 3. The second-order valence-electron chi connectivity index (χ2n) is 9.71. The molecule has 13 heteroatoms. The van der Waals surface area contributed by atoms with Gasteiger partial charge < -0.3 is 27.3 Å². The number of anilines is 1. The predicted octanol–water partition coefficient (Wildman–Crippen LogP) is 6.18. The first-order valence-electron chi connectivity index (χ1n) is 13.5. The van der Waals surface area contributed by atoms with Crippen LogP contribution >= 0.6 is 11.8 Å². The van der Waals surface area contributed by atoms with Gasteiger partial charge in [-0.2, -0.15) is 26.3 Å². The number of alkyl halides is 6. The minimum Gasteiger partial charge on any atom is -0.457 e. The highest BCUT2D eigenvalue weighted by molar-refractivity contribution is 7.99. The molecule has 0 saturated heterocycles. The Morgan fingerprint density at radius 2 is 1.47 bits per heavy atom. The summed E-state index contributed by atoms with van der Waals surface area (Å²) in [4.78, 5) is 12.9. The molecule has 7 N–H and O–H groups in total. The Balaban J connectivity index is 1.80. The van der Waals surface area contributed by atoms with Crippen LogP contribution in [0.15, 0.2) is 59.5 Å². The molecule has 0 unspecified atom stereocenters. The number of ether oxygens (including phenoxy) is 1. The van der Waals surface area contributed by atoms with Crippen molar-refractivity contribution in [2.45, 2.75) is 42.9 Å². The first kappa shape index (κ1) is 34.2. The molecule has 0 saturated carbocycles. The van der Waals surface area contributed by atoms with Gasteiger partial charge in [-0.15, -0.1) is 11.8 Å². The van der Waals surface area contributed by atoms with Gasteiger partial charge in [0, 0.05) is 48.8 Å². The number of nitrogens with two attached hydrogens (primary N) is 3. The van der Waals surface area contributed by atoms with Crippen molar-refractivity contribution in [3.05, 3.63) is 82.4 Å². The molecule has 0 amide bonds. The van der Waals surface area contributed by atoms with E-state index >= 15 is 0 Å². The lowest BCUT2D eigenvalue weighted by Crippen LogP contribution is -2.16. The van der Waals surface area contributed by atoms with E-state index in [4.69, 9.17) is 21.9 Å². The van der Waals surface area contributed by atoms with Crippen LogP contribution in [0.4, 0.5) is 32.0 Å². The fourth-order valence-electron chi connectivity index (χ4n) is 4.36. The van der Waals surface area contributed by atoms with E-state index in [0.29, 0.717) is 42.0 Å². The molecule has 0 fully saturated rings. The van der Waals surface area contributed by atoms with Gasteiger partial charge >= 0.3 is 12.4 Å². The summed E-state index contributed by atoms with van der Waals surface area (Å²) in [5, 5.41) is 2.66. The van der Waals surface area contributed by atoms with Gasteiger partial charge in [0.15, 0.2) is 0 Å². The number of carbonyl (C=O) groups is 1. The topological polar surface area (TPSA) is 116 Å². The first-order valence-corrected chi connectivity index (χ1v) is 14.5. The van der Waals surface area contributed by atoms with Crippen molar-refractivity contribution in [2.24, 2.45) is 17.2 Å². The lowest BCUT2D eigenvalue weighted by Gasteiger charge is -2.17. The molecule has 6 nitrogen and oxygen atoms in total. The van der Waals surface area contributed by atoms with Crippen LogP contribution in [0.5, 0.6) is 11.5 Å². The van der Waals surface area contributed by atoms with Crippen molar-refractivity contribution in [3.8, 4) is 11.5 Å². The number of halogens is 6.